The Bertz CT molecular complexity index is 729. The van der Waals surface area contributed by atoms with Gasteiger partial charge in [-0.2, -0.15) is 0 Å². The molecule has 0 fully saturated rings. The number of hydrogen-bond acceptors (Lipinski definition) is 1. The number of aromatic nitrogens is 1. The molecule has 0 saturated carbocycles. The molecule has 0 aliphatic rings. The first-order valence-corrected chi connectivity index (χ1v) is 5.97. The normalized spacial score (nSPS) is 10.7. The first kappa shape index (κ1) is 10.8. The van der Waals surface area contributed by atoms with E-state index in [0.29, 0.717) is 6.54 Å². The number of hydrogen-bond donors (Lipinski definition) is 0. The van der Waals surface area contributed by atoms with Crippen LogP contribution in [0.25, 0.3) is 10.8 Å². The molecule has 2 aromatic carbocycles. The Labute approximate surface area is 105 Å². The fourth-order valence-corrected chi connectivity index (χ4v) is 2.13. The van der Waals surface area contributed by atoms with Gasteiger partial charge in [-0.05, 0) is 23.1 Å². The third-order valence-electron chi connectivity index (χ3n) is 3.08. The number of benzene rings is 2. The molecule has 0 radical (unpaired) electrons. The highest BCUT2D eigenvalue weighted by atomic mass is 16.1. The van der Waals surface area contributed by atoms with Crippen molar-refractivity contribution in [3.8, 4) is 0 Å². The van der Waals surface area contributed by atoms with E-state index in [2.05, 4.69) is 0 Å². The van der Waals surface area contributed by atoms with Crippen molar-refractivity contribution in [3.63, 3.8) is 0 Å². The van der Waals surface area contributed by atoms with E-state index in [-0.39, 0.29) is 5.56 Å². The molecule has 0 unspecified atom stereocenters. The molecule has 0 bridgehead atoms. The third kappa shape index (κ3) is 1.93. The van der Waals surface area contributed by atoms with Gasteiger partial charge in [0.2, 0.25) is 0 Å². The van der Waals surface area contributed by atoms with Crippen LogP contribution >= 0.6 is 0 Å². The average molecular weight is 235 g/mol. The highest BCUT2D eigenvalue weighted by Crippen LogP contribution is 2.09. The lowest BCUT2D eigenvalue weighted by Crippen LogP contribution is -2.19. The van der Waals surface area contributed by atoms with E-state index in [1.54, 1.807) is 4.57 Å². The lowest BCUT2D eigenvalue weighted by Gasteiger charge is -2.07. The molecule has 3 rings (SSSR count). The van der Waals surface area contributed by atoms with Gasteiger partial charge in [-0.1, -0.05) is 48.5 Å². The minimum atomic E-state index is 0.0666. The van der Waals surface area contributed by atoms with E-state index >= 15 is 0 Å². The van der Waals surface area contributed by atoms with Crippen molar-refractivity contribution in [1.82, 2.24) is 4.57 Å². The van der Waals surface area contributed by atoms with Gasteiger partial charge in [0.25, 0.3) is 5.56 Å². The predicted octanol–water partition coefficient (Wildman–Crippen LogP) is 3.05. The Morgan fingerprint density at radius 2 is 1.56 bits per heavy atom. The van der Waals surface area contributed by atoms with E-state index in [1.807, 2.05) is 66.9 Å². The fourth-order valence-electron chi connectivity index (χ4n) is 2.13. The van der Waals surface area contributed by atoms with Crippen LogP contribution in [0.3, 0.4) is 0 Å². The molecule has 2 heteroatoms. The van der Waals surface area contributed by atoms with Crippen molar-refractivity contribution in [1.29, 1.82) is 0 Å². The SMILES string of the molecule is O=c1c2ccccc2ccn1Cc1ccccc1. The molecule has 0 spiro atoms. The summed E-state index contributed by atoms with van der Waals surface area (Å²) in [7, 11) is 0. The molecule has 0 amide bonds. The zero-order valence-corrected chi connectivity index (χ0v) is 9.91. The number of rotatable bonds is 2. The number of nitrogens with zero attached hydrogens (tertiary/aromatic N) is 1. The maximum atomic E-state index is 12.3. The summed E-state index contributed by atoms with van der Waals surface area (Å²) in [6, 6.07) is 19.7. The number of pyridine rings is 1. The van der Waals surface area contributed by atoms with Gasteiger partial charge in [-0.15, -0.1) is 0 Å². The second kappa shape index (κ2) is 4.49. The van der Waals surface area contributed by atoms with E-state index in [4.69, 9.17) is 0 Å². The zero-order chi connectivity index (χ0) is 12.4. The monoisotopic (exact) mass is 235 g/mol. The van der Waals surface area contributed by atoms with E-state index < -0.39 is 0 Å². The second-order valence-electron chi connectivity index (χ2n) is 4.32. The smallest absolute Gasteiger partial charge is 0.258 e. The molecule has 0 atom stereocenters. The molecule has 0 saturated heterocycles. The summed E-state index contributed by atoms with van der Waals surface area (Å²) < 4.78 is 1.75. The molecule has 0 aliphatic heterocycles. The maximum Gasteiger partial charge on any atom is 0.258 e. The van der Waals surface area contributed by atoms with Crippen molar-refractivity contribution in [3.05, 3.63) is 82.8 Å². The summed E-state index contributed by atoms with van der Waals surface area (Å²) in [6.07, 6.45) is 1.86. The van der Waals surface area contributed by atoms with Gasteiger partial charge in [0.15, 0.2) is 0 Å². The molecule has 2 nitrogen and oxygen atoms in total. The van der Waals surface area contributed by atoms with Crippen LogP contribution in [-0.2, 0) is 6.54 Å². The van der Waals surface area contributed by atoms with Crippen LogP contribution in [0.2, 0.25) is 0 Å². The summed E-state index contributed by atoms with van der Waals surface area (Å²) in [4.78, 5) is 12.3. The van der Waals surface area contributed by atoms with Gasteiger partial charge >= 0.3 is 0 Å². The van der Waals surface area contributed by atoms with E-state index in [0.717, 1.165) is 16.3 Å². The van der Waals surface area contributed by atoms with Gasteiger partial charge in [0.1, 0.15) is 0 Å². The van der Waals surface area contributed by atoms with Crippen molar-refractivity contribution in [2.24, 2.45) is 0 Å². The maximum absolute atomic E-state index is 12.3. The summed E-state index contributed by atoms with van der Waals surface area (Å²) in [5.74, 6) is 0. The Kier molecular flexibility index (Phi) is 2.69. The summed E-state index contributed by atoms with van der Waals surface area (Å²) in [5.41, 5.74) is 1.20. The van der Waals surface area contributed by atoms with Crippen LogP contribution in [0.5, 0.6) is 0 Å². The lowest BCUT2D eigenvalue weighted by atomic mass is 10.1. The van der Waals surface area contributed by atoms with Crippen LogP contribution in [0, 0.1) is 0 Å². The van der Waals surface area contributed by atoms with Gasteiger partial charge in [0, 0.05) is 11.6 Å². The molecule has 88 valence electrons. The topological polar surface area (TPSA) is 22.0 Å². The fraction of sp³-hybridized carbons (Fsp3) is 0.0625. The van der Waals surface area contributed by atoms with Crippen LogP contribution in [0.4, 0.5) is 0 Å². The van der Waals surface area contributed by atoms with E-state index in [1.165, 1.54) is 0 Å². The molecule has 1 heterocycles. The molecular weight excluding hydrogens is 222 g/mol. The van der Waals surface area contributed by atoms with Gasteiger partial charge < -0.3 is 4.57 Å². The van der Waals surface area contributed by atoms with Crippen molar-refractivity contribution in [2.45, 2.75) is 6.54 Å². The summed E-state index contributed by atoms with van der Waals surface area (Å²) in [6.45, 7) is 0.616. The zero-order valence-electron chi connectivity index (χ0n) is 9.91. The largest absolute Gasteiger partial charge is 0.311 e. The Balaban J connectivity index is 2.08. The van der Waals surface area contributed by atoms with Crippen molar-refractivity contribution < 1.29 is 0 Å². The second-order valence-corrected chi connectivity index (χ2v) is 4.32. The molecule has 18 heavy (non-hydrogen) atoms. The molecule has 0 aliphatic carbocycles. The quantitative estimate of drug-likeness (QED) is 0.669. The van der Waals surface area contributed by atoms with Crippen LogP contribution < -0.4 is 5.56 Å². The average Bonchev–Trinajstić information content (AvgIpc) is 2.43. The third-order valence-corrected chi connectivity index (χ3v) is 3.08. The first-order valence-electron chi connectivity index (χ1n) is 5.97. The minimum Gasteiger partial charge on any atom is -0.311 e. The molecule has 0 N–H and O–H groups in total. The molecule has 1 aromatic heterocycles. The highest BCUT2D eigenvalue weighted by molar-refractivity contribution is 5.81. The minimum absolute atomic E-state index is 0.0666. The Morgan fingerprint density at radius 3 is 2.39 bits per heavy atom. The predicted molar refractivity (Wildman–Crippen MR) is 73.8 cm³/mol. The van der Waals surface area contributed by atoms with Gasteiger partial charge in [0.05, 0.1) is 6.54 Å². The summed E-state index contributed by atoms with van der Waals surface area (Å²) >= 11 is 0. The number of fused-ring (bicyclic) bond motifs is 1. The van der Waals surface area contributed by atoms with Crippen LogP contribution in [0.1, 0.15) is 5.56 Å². The Morgan fingerprint density at radius 1 is 0.833 bits per heavy atom. The first-order chi connectivity index (χ1) is 8.84. The van der Waals surface area contributed by atoms with E-state index in [9.17, 15) is 4.79 Å². The molecule has 3 aromatic rings. The Hall–Kier alpha value is -2.35. The van der Waals surface area contributed by atoms with Crippen LogP contribution in [0.15, 0.2) is 71.7 Å². The highest BCUT2D eigenvalue weighted by Gasteiger charge is 2.02. The standard InChI is InChI=1S/C16H13NO/c18-16-15-9-5-4-8-14(15)10-11-17(16)12-13-6-2-1-3-7-13/h1-11H,12H2. The lowest BCUT2D eigenvalue weighted by molar-refractivity contribution is 0.768. The van der Waals surface area contributed by atoms with Crippen molar-refractivity contribution in [2.75, 3.05) is 0 Å². The van der Waals surface area contributed by atoms with Crippen molar-refractivity contribution >= 4 is 10.8 Å². The van der Waals surface area contributed by atoms with Gasteiger partial charge in [-0.25, -0.2) is 0 Å². The molecular formula is C16H13NO. The summed E-state index contributed by atoms with van der Waals surface area (Å²) in [5, 5.41) is 1.77. The van der Waals surface area contributed by atoms with Crippen LogP contribution in [-0.4, -0.2) is 4.57 Å². The van der Waals surface area contributed by atoms with Gasteiger partial charge in [-0.3, -0.25) is 4.79 Å².